The molecule has 3 rings (SSSR count). The van der Waals surface area contributed by atoms with Crippen LogP contribution in [0.15, 0.2) is 59.9 Å². The molecule has 0 spiro atoms. The molecule has 0 radical (unpaired) electrons. The largest absolute Gasteiger partial charge is 0.481 e. The van der Waals surface area contributed by atoms with Crippen LogP contribution < -0.4 is 15.4 Å². The van der Waals surface area contributed by atoms with Gasteiger partial charge in [-0.15, -0.1) is 24.0 Å². The molecule has 0 amide bonds. The Kier molecular flexibility index (Phi) is 9.06. The zero-order chi connectivity index (χ0) is 18.9. The Morgan fingerprint density at radius 2 is 2.00 bits per heavy atom. The van der Waals surface area contributed by atoms with Crippen LogP contribution in [0.4, 0.5) is 0 Å². The van der Waals surface area contributed by atoms with Gasteiger partial charge in [0, 0.05) is 43.6 Å². The van der Waals surface area contributed by atoms with Crippen LogP contribution >= 0.6 is 24.0 Å². The molecule has 2 heterocycles. The molecule has 6 nitrogen and oxygen atoms in total. The predicted molar refractivity (Wildman–Crippen MR) is 126 cm³/mol. The number of halogens is 1. The maximum absolute atomic E-state index is 5.08. The smallest absolute Gasteiger partial charge is 0.212 e. The highest BCUT2D eigenvalue weighted by molar-refractivity contribution is 14.0. The topological polar surface area (TPSA) is 63.5 Å². The first-order valence-electron chi connectivity index (χ1n) is 9.35. The van der Waals surface area contributed by atoms with Gasteiger partial charge in [-0.05, 0) is 36.4 Å². The second kappa shape index (κ2) is 11.5. The summed E-state index contributed by atoms with van der Waals surface area (Å²) in [5.74, 6) is 1.44. The first-order chi connectivity index (χ1) is 13.3. The summed E-state index contributed by atoms with van der Waals surface area (Å²) in [6.07, 6.45) is 4.97. The number of hydrogen-bond donors (Lipinski definition) is 2. The maximum Gasteiger partial charge on any atom is 0.212 e. The highest BCUT2D eigenvalue weighted by Crippen LogP contribution is 2.15. The number of rotatable bonds is 8. The number of pyridine rings is 1. The monoisotopic (exact) mass is 493 g/mol. The Hall–Kier alpha value is -2.29. The summed E-state index contributed by atoms with van der Waals surface area (Å²) >= 11 is 0. The first-order valence-corrected chi connectivity index (χ1v) is 9.35. The molecular weight excluding hydrogens is 465 g/mol. The van der Waals surface area contributed by atoms with Gasteiger partial charge in [0.2, 0.25) is 5.88 Å². The molecule has 7 heteroatoms. The number of aliphatic imine (C=N–C) groups is 1. The lowest BCUT2D eigenvalue weighted by Crippen LogP contribution is -2.38. The minimum atomic E-state index is 0. The lowest BCUT2D eigenvalue weighted by atomic mass is 10.2. The third-order valence-electron chi connectivity index (χ3n) is 4.32. The second-order valence-electron chi connectivity index (χ2n) is 6.25. The van der Waals surface area contributed by atoms with Crippen molar-refractivity contribution in [3.63, 3.8) is 0 Å². The molecule has 0 aliphatic heterocycles. The minimum Gasteiger partial charge on any atom is -0.481 e. The van der Waals surface area contributed by atoms with E-state index in [1.54, 1.807) is 13.3 Å². The van der Waals surface area contributed by atoms with Crippen LogP contribution in [-0.4, -0.2) is 35.7 Å². The van der Waals surface area contributed by atoms with Gasteiger partial charge >= 0.3 is 0 Å². The fourth-order valence-electron chi connectivity index (χ4n) is 2.93. The molecule has 2 N–H and O–H groups in total. The van der Waals surface area contributed by atoms with Crippen LogP contribution in [0.2, 0.25) is 0 Å². The van der Waals surface area contributed by atoms with Crippen molar-refractivity contribution in [1.29, 1.82) is 0 Å². The summed E-state index contributed by atoms with van der Waals surface area (Å²) in [6, 6.07) is 14.5. The van der Waals surface area contributed by atoms with Crippen molar-refractivity contribution in [2.45, 2.75) is 26.4 Å². The van der Waals surface area contributed by atoms with Gasteiger partial charge in [0.05, 0.1) is 13.7 Å². The van der Waals surface area contributed by atoms with E-state index in [0.717, 1.165) is 37.6 Å². The molecule has 150 valence electrons. The molecule has 1 aromatic carbocycles. The Labute approximate surface area is 183 Å². The number of hydrogen-bond acceptors (Lipinski definition) is 3. The van der Waals surface area contributed by atoms with Crippen LogP contribution in [0.5, 0.6) is 5.88 Å². The van der Waals surface area contributed by atoms with E-state index < -0.39 is 0 Å². The van der Waals surface area contributed by atoms with E-state index in [4.69, 9.17) is 4.74 Å². The van der Waals surface area contributed by atoms with Gasteiger partial charge in [0.25, 0.3) is 0 Å². The van der Waals surface area contributed by atoms with Gasteiger partial charge < -0.3 is 19.9 Å². The van der Waals surface area contributed by atoms with Crippen molar-refractivity contribution in [1.82, 2.24) is 20.2 Å². The van der Waals surface area contributed by atoms with Gasteiger partial charge in [0.15, 0.2) is 5.96 Å². The average Bonchev–Trinajstić information content (AvgIpc) is 3.13. The molecule has 28 heavy (non-hydrogen) atoms. The fourth-order valence-corrected chi connectivity index (χ4v) is 2.93. The van der Waals surface area contributed by atoms with Crippen LogP contribution in [0, 0.1) is 0 Å². The highest BCUT2D eigenvalue weighted by atomic mass is 127. The van der Waals surface area contributed by atoms with Crippen molar-refractivity contribution in [3.05, 3.63) is 60.4 Å². The van der Waals surface area contributed by atoms with Gasteiger partial charge in [-0.3, -0.25) is 0 Å². The Morgan fingerprint density at radius 3 is 2.75 bits per heavy atom. The molecule has 0 saturated carbocycles. The normalized spacial score (nSPS) is 11.1. The number of para-hydroxylation sites is 1. The second-order valence-corrected chi connectivity index (χ2v) is 6.25. The van der Waals surface area contributed by atoms with Crippen molar-refractivity contribution in [2.24, 2.45) is 4.99 Å². The molecule has 3 aromatic rings. The predicted octanol–water partition coefficient (Wildman–Crippen LogP) is 3.81. The number of fused-ring (bicyclic) bond motifs is 1. The van der Waals surface area contributed by atoms with Gasteiger partial charge in [-0.2, -0.15) is 0 Å². The van der Waals surface area contributed by atoms with Crippen molar-refractivity contribution in [2.75, 3.05) is 20.2 Å². The summed E-state index contributed by atoms with van der Waals surface area (Å²) in [6.45, 7) is 5.31. The molecule has 0 unspecified atom stereocenters. The molecule has 0 aliphatic rings. The highest BCUT2D eigenvalue weighted by Gasteiger charge is 2.01. The third kappa shape index (κ3) is 6.12. The average molecular weight is 493 g/mol. The molecule has 0 bridgehead atoms. The zero-order valence-corrected chi connectivity index (χ0v) is 18.7. The van der Waals surface area contributed by atoms with E-state index in [9.17, 15) is 0 Å². The van der Waals surface area contributed by atoms with Gasteiger partial charge in [0.1, 0.15) is 0 Å². The molecule has 2 aromatic heterocycles. The molecule has 0 atom stereocenters. The summed E-state index contributed by atoms with van der Waals surface area (Å²) in [5, 5.41) is 7.98. The van der Waals surface area contributed by atoms with Crippen LogP contribution in [-0.2, 0) is 13.1 Å². The molecule has 0 fully saturated rings. The van der Waals surface area contributed by atoms with E-state index in [1.807, 2.05) is 12.1 Å². The van der Waals surface area contributed by atoms with Crippen molar-refractivity contribution in [3.8, 4) is 5.88 Å². The maximum atomic E-state index is 5.08. The molecule has 0 saturated heterocycles. The van der Waals surface area contributed by atoms with E-state index in [2.05, 4.69) is 68.6 Å². The van der Waals surface area contributed by atoms with Crippen LogP contribution in [0.3, 0.4) is 0 Å². The number of ether oxygens (including phenoxy) is 1. The number of benzene rings is 1. The quantitative estimate of drug-likeness (QED) is 0.217. The minimum absolute atomic E-state index is 0. The van der Waals surface area contributed by atoms with Crippen molar-refractivity contribution < 1.29 is 4.74 Å². The van der Waals surface area contributed by atoms with Gasteiger partial charge in [-0.1, -0.05) is 24.3 Å². The summed E-state index contributed by atoms with van der Waals surface area (Å²) in [5.41, 5.74) is 2.33. The summed E-state index contributed by atoms with van der Waals surface area (Å²) in [4.78, 5) is 8.85. The van der Waals surface area contributed by atoms with Crippen LogP contribution in [0.25, 0.3) is 10.9 Å². The lowest BCUT2D eigenvalue weighted by Gasteiger charge is -2.12. The number of guanidine groups is 1. The summed E-state index contributed by atoms with van der Waals surface area (Å²) in [7, 11) is 1.61. The SMILES string of the molecule is CCNC(=NCc1ccc(OC)nc1)NCCCn1ccc2ccccc21.I. The van der Waals surface area contributed by atoms with Gasteiger partial charge in [-0.25, -0.2) is 9.98 Å². The van der Waals surface area contributed by atoms with E-state index >= 15 is 0 Å². The molecule has 0 aliphatic carbocycles. The molecular formula is C21H28IN5O. The number of aryl methyl sites for hydroxylation is 1. The summed E-state index contributed by atoms with van der Waals surface area (Å²) < 4.78 is 7.38. The van der Waals surface area contributed by atoms with E-state index in [1.165, 1.54) is 10.9 Å². The number of nitrogens with zero attached hydrogens (tertiary/aromatic N) is 3. The lowest BCUT2D eigenvalue weighted by molar-refractivity contribution is 0.397. The van der Waals surface area contributed by atoms with Crippen LogP contribution in [0.1, 0.15) is 18.9 Å². The van der Waals surface area contributed by atoms with Crippen molar-refractivity contribution >= 4 is 40.8 Å². The standard InChI is InChI=1S/C21H27N5O.HI/c1-3-22-21(25-16-17-9-10-20(27-2)24-15-17)23-12-6-13-26-14-11-18-7-4-5-8-19(18)26;/h4-5,7-11,14-15H,3,6,12-13,16H2,1-2H3,(H2,22,23,25);1H. The Balaban J connectivity index is 0.00000280. The number of methoxy groups -OCH3 is 1. The Morgan fingerprint density at radius 1 is 1.14 bits per heavy atom. The Bertz CT molecular complexity index is 876. The number of aromatic nitrogens is 2. The van der Waals surface area contributed by atoms with E-state index in [0.29, 0.717) is 12.4 Å². The number of nitrogens with one attached hydrogen (secondary N) is 2. The van der Waals surface area contributed by atoms with E-state index in [-0.39, 0.29) is 24.0 Å². The fraction of sp³-hybridized carbons (Fsp3) is 0.333. The first kappa shape index (κ1) is 22.0. The third-order valence-corrected chi connectivity index (χ3v) is 4.32. The zero-order valence-electron chi connectivity index (χ0n) is 16.4.